The molecule has 4 aliphatic carbocycles. The summed E-state index contributed by atoms with van der Waals surface area (Å²) in [5, 5.41) is 26.3. The maximum atomic E-state index is 9.65. The lowest BCUT2D eigenvalue weighted by molar-refractivity contribution is -0.0914. The summed E-state index contributed by atoms with van der Waals surface area (Å²) in [6.45, 7) is 1.72. The lowest BCUT2D eigenvalue weighted by Crippen LogP contribution is -2.53. The van der Waals surface area contributed by atoms with Crippen LogP contribution in [0.25, 0.3) is 0 Å². The van der Waals surface area contributed by atoms with E-state index in [-0.39, 0.29) is 0 Å². The summed E-state index contributed by atoms with van der Waals surface area (Å²) in [5.41, 5.74) is 1.79. The van der Waals surface area contributed by atoms with Crippen molar-refractivity contribution in [2.45, 2.75) is 64.3 Å². The van der Waals surface area contributed by atoms with Crippen LogP contribution >= 0.6 is 11.6 Å². The van der Waals surface area contributed by atoms with E-state index in [0.717, 1.165) is 48.6 Å². The van der Waals surface area contributed by atoms with Gasteiger partial charge >= 0.3 is 0 Å². The van der Waals surface area contributed by atoms with E-state index in [1.165, 1.54) is 44.9 Å². The van der Waals surface area contributed by atoms with Crippen LogP contribution in [0.2, 0.25) is 5.02 Å². The highest BCUT2D eigenvalue weighted by Gasteiger charge is 2.54. The summed E-state index contributed by atoms with van der Waals surface area (Å²) in [4.78, 5) is 9.00. The molecule has 7 heteroatoms. The van der Waals surface area contributed by atoms with E-state index >= 15 is 0 Å². The van der Waals surface area contributed by atoms with E-state index in [9.17, 15) is 5.26 Å². The van der Waals surface area contributed by atoms with Crippen LogP contribution in [0.5, 0.6) is 0 Å². The third-order valence-corrected chi connectivity index (χ3v) is 9.09. The summed E-state index contributed by atoms with van der Waals surface area (Å²) < 4.78 is 0. The first-order valence-corrected chi connectivity index (χ1v) is 13.6. The van der Waals surface area contributed by atoms with Crippen LogP contribution in [0.3, 0.4) is 0 Å². The van der Waals surface area contributed by atoms with Gasteiger partial charge in [-0.3, -0.25) is 0 Å². The number of benzene rings is 1. The van der Waals surface area contributed by atoms with Gasteiger partial charge in [0, 0.05) is 24.7 Å². The Hall–Kier alpha value is -2.36. The second kappa shape index (κ2) is 10.7. The number of nitrogens with zero attached hydrogens (tertiary/aromatic N) is 3. The molecule has 0 aliphatic heterocycles. The number of nitriles is 1. The Kier molecular flexibility index (Phi) is 7.45. The molecule has 0 radical (unpaired) electrons. The van der Waals surface area contributed by atoms with Gasteiger partial charge in [0.25, 0.3) is 0 Å². The zero-order valence-electron chi connectivity index (χ0n) is 20.3. The van der Waals surface area contributed by atoms with Crippen molar-refractivity contribution >= 4 is 23.4 Å². The van der Waals surface area contributed by atoms with Gasteiger partial charge in [0.05, 0.1) is 6.20 Å². The fourth-order valence-electron chi connectivity index (χ4n) is 7.43. The molecule has 0 saturated heterocycles. The van der Waals surface area contributed by atoms with Gasteiger partial charge in [-0.15, -0.1) is 0 Å². The maximum absolute atomic E-state index is 9.65. The van der Waals surface area contributed by atoms with Crippen molar-refractivity contribution in [3.8, 4) is 6.07 Å². The molecule has 4 bridgehead atoms. The van der Waals surface area contributed by atoms with Crippen LogP contribution in [0.1, 0.15) is 68.9 Å². The molecule has 2 aromatic rings. The molecule has 186 valence electrons. The van der Waals surface area contributed by atoms with Crippen LogP contribution in [0.4, 0.5) is 11.8 Å². The van der Waals surface area contributed by atoms with Crippen LogP contribution in [0.15, 0.2) is 30.5 Å². The van der Waals surface area contributed by atoms with E-state index < -0.39 is 0 Å². The quantitative estimate of drug-likeness (QED) is 0.331. The third kappa shape index (κ3) is 5.42. The van der Waals surface area contributed by atoms with Crippen LogP contribution in [-0.4, -0.2) is 28.2 Å². The van der Waals surface area contributed by atoms with Gasteiger partial charge in [-0.1, -0.05) is 42.6 Å². The number of aromatic nitrogens is 2. The Balaban J connectivity index is 1.23. The van der Waals surface area contributed by atoms with Crippen molar-refractivity contribution in [3.63, 3.8) is 0 Å². The lowest BCUT2D eigenvalue weighted by atomic mass is 9.45. The van der Waals surface area contributed by atoms with Crippen molar-refractivity contribution in [3.05, 3.63) is 46.6 Å². The topological polar surface area (TPSA) is 93.9 Å². The number of aliphatic hydroxyl groups is 1. The van der Waals surface area contributed by atoms with Crippen molar-refractivity contribution in [2.24, 2.45) is 29.1 Å². The molecule has 4 saturated carbocycles. The fourth-order valence-corrected chi connectivity index (χ4v) is 7.63. The van der Waals surface area contributed by atoms with E-state index in [4.69, 9.17) is 16.7 Å². The first-order chi connectivity index (χ1) is 17.1. The van der Waals surface area contributed by atoms with E-state index in [1.807, 2.05) is 24.3 Å². The average molecular weight is 494 g/mol. The second-order valence-electron chi connectivity index (χ2n) is 11.1. The van der Waals surface area contributed by atoms with Crippen molar-refractivity contribution in [1.29, 1.82) is 5.26 Å². The molecule has 4 aliphatic rings. The molecule has 0 amide bonds. The zero-order chi connectivity index (χ0) is 24.3. The molecule has 4 fully saturated rings. The van der Waals surface area contributed by atoms with Crippen molar-refractivity contribution in [1.82, 2.24) is 9.97 Å². The number of nitrogens with one attached hydrogen (secondary N) is 2. The summed E-state index contributed by atoms with van der Waals surface area (Å²) in [7, 11) is 0. The Labute approximate surface area is 213 Å². The van der Waals surface area contributed by atoms with Gasteiger partial charge in [-0.2, -0.15) is 10.2 Å². The number of halogens is 1. The number of hydrogen-bond acceptors (Lipinski definition) is 6. The summed E-state index contributed by atoms with van der Waals surface area (Å²) in [5.74, 6) is 4.53. The summed E-state index contributed by atoms with van der Waals surface area (Å²) in [6, 6.07) is 9.97. The predicted octanol–water partition coefficient (Wildman–Crippen LogP) is 6.02. The maximum Gasteiger partial charge on any atom is 0.224 e. The zero-order valence-corrected chi connectivity index (χ0v) is 21.1. The normalized spacial score (nSPS) is 28.6. The van der Waals surface area contributed by atoms with E-state index in [1.54, 1.807) is 6.20 Å². The van der Waals surface area contributed by atoms with Crippen LogP contribution < -0.4 is 10.6 Å². The Morgan fingerprint density at radius 1 is 1.09 bits per heavy atom. The molecular formula is C28H36ClN5O. The second-order valence-corrected chi connectivity index (χ2v) is 11.5. The first kappa shape index (κ1) is 24.3. The lowest BCUT2D eigenvalue weighted by Gasteiger charge is -2.60. The van der Waals surface area contributed by atoms with Gasteiger partial charge in [-0.25, -0.2) is 4.98 Å². The summed E-state index contributed by atoms with van der Waals surface area (Å²) >= 11 is 6.28. The largest absolute Gasteiger partial charge is 0.396 e. The molecular weight excluding hydrogens is 458 g/mol. The minimum atomic E-state index is 0.319. The Morgan fingerprint density at radius 2 is 1.89 bits per heavy atom. The molecule has 6 rings (SSSR count). The average Bonchev–Trinajstić information content (AvgIpc) is 2.86. The minimum Gasteiger partial charge on any atom is -0.396 e. The molecule has 5 atom stereocenters. The molecule has 1 aromatic carbocycles. The standard InChI is InChI=1S/C28H36ClN5O/c29-25-8-4-3-6-20(25)16-31-27-32-17-23(15-30)26(34-27)33-18-28-12-19-10-21(13-28)24(22(11-19)14-28)7-2-1-5-9-35/h3-4,6,8,17,19,21-22,24,35H,1-2,5,7,9-14,16,18H2,(H2,31,32,33,34)/t19?,21-,22+,24?,28?. The van der Waals surface area contributed by atoms with Crippen LogP contribution in [0, 0.1) is 40.4 Å². The monoisotopic (exact) mass is 493 g/mol. The fraction of sp³-hybridized carbons (Fsp3) is 0.607. The number of anilines is 2. The molecule has 35 heavy (non-hydrogen) atoms. The van der Waals surface area contributed by atoms with Crippen LogP contribution in [-0.2, 0) is 6.54 Å². The molecule has 6 nitrogen and oxygen atoms in total. The number of hydrogen-bond donors (Lipinski definition) is 3. The molecule has 1 heterocycles. The van der Waals surface area contributed by atoms with E-state index in [0.29, 0.717) is 40.9 Å². The molecule has 1 aromatic heterocycles. The summed E-state index contributed by atoms with van der Waals surface area (Å²) in [6.07, 6.45) is 13.0. The number of aliphatic hydroxyl groups excluding tert-OH is 1. The molecule has 3 N–H and O–H groups in total. The van der Waals surface area contributed by atoms with Gasteiger partial charge < -0.3 is 15.7 Å². The third-order valence-electron chi connectivity index (χ3n) is 8.73. The number of rotatable bonds is 11. The first-order valence-electron chi connectivity index (χ1n) is 13.2. The number of unbranched alkanes of at least 4 members (excludes halogenated alkanes) is 2. The Bertz CT molecular complexity index is 1050. The molecule has 3 unspecified atom stereocenters. The highest BCUT2D eigenvalue weighted by Crippen LogP contribution is 2.63. The highest BCUT2D eigenvalue weighted by molar-refractivity contribution is 6.31. The predicted molar refractivity (Wildman–Crippen MR) is 139 cm³/mol. The SMILES string of the molecule is N#Cc1cnc(NCc2ccccc2Cl)nc1NCC12CC3C[C@H](C1)C(CCCCCO)[C@@H](C3)C2. The Morgan fingerprint density at radius 3 is 2.63 bits per heavy atom. The van der Waals surface area contributed by atoms with Gasteiger partial charge in [0.1, 0.15) is 17.5 Å². The van der Waals surface area contributed by atoms with E-state index in [2.05, 4.69) is 26.7 Å². The van der Waals surface area contributed by atoms with Gasteiger partial charge in [0.15, 0.2) is 0 Å². The van der Waals surface area contributed by atoms with Crippen molar-refractivity contribution < 1.29 is 5.11 Å². The van der Waals surface area contributed by atoms with Gasteiger partial charge in [-0.05, 0) is 85.7 Å². The highest BCUT2D eigenvalue weighted by atomic mass is 35.5. The van der Waals surface area contributed by atoms with Crippen molar-refractivity contribution in [2.75, 3.05) is 23.8 Å². The molecule has 0 spiro atoms. The minimum absolute atomic E-state index is 0.319. The van der Waals surface area contributed by atoms with Gasteiger partial charge in [0.2, 0.25) is 5.95 Å². The smallest absolute Gasteiger partial charge is 0.224 e.